The van der Waals surface area contributed by atoms with Crippen LogP contribution in [-0.4, -0.2) is 25.1 Å². The van der Waals surface area contributed by atoms with Gasteiger partial charge in [0, 0.05) is 13.1 Å². The number of halogens is 1. The van der Waals surface area contributed by atoms with Crippen LogP contribution in [0.15, 0.2) is 24.3 Å². The SMILES string of the molecule is CC(Oc1ccc(F)cc1)C(=O)NCCN. The molecule has 0 aliphatic rings. The average Bonchev–Trinajstić information content (AvgIpc) is 2.29. The molecule has 1 aromatic rings. The monoisotopic (exact) mass is 226 g/mol. The first kappa shape index (κ1) is 12.4. The lowest BCUT2D eigenvalue weighted by Gasteiger charge is -2.14. The number of amides is 1. The van der Waals surface area contributed by atoms with Crippen LogP contribution in [-0.2, 0) is 4.79 Å². The molecule has 0 spiro atoms. The highest BCUT2D eigenvalue weighted by Gasteiger charge is 2.13. The van der Waals surface area contributed by atoms with E-state index in [4.69, 9.17) is 10.5 Å². The van der Waals surface area contributed by atoms with Gasteiger partial charge in [-0.05, 0) is 31.2 Å². The normalized spacial score (nSPS) is 11.9. The molecule has 1 atom stereocenters. The van der Waals surface area contributed by atoms with Crippen molar-refractivity contribution in [2.45, 2.75) is 13.0 Å². The van der Waals surface area contributed by atoms with Crippen LogP contribution in [0, 0.1) is 5.82 Å². The molecule has 5 heteroatoms. The summed E-state index contributed by atoms with van der Waals surface area (Å²) in [5.41, 5.74) is 5.25. The zero-order valence-electron chi connectivity index (χ0n) is 9.07. The number of ether oxygens (including phenoxy) is 1. The summed E-state index contributed by atoms with van der Waals surface area (Å²) in [6.07, 6.45) is -0.628. The molecule has 0 saturated heterocycles. The maximum absolute atomic E-state index is 12.6. The van der Waals surface area contributed by atoms with Crippen molar-refractivity contribution in [2.75, 3.05) is 13.1 Å². The van der Waals surface area contributed by atoms with Crippen molar-refractivity contribution in [1.82, 2.24) is 5.32 Å². The summed E-state index contributed by atoms with van der Waals surface area (Å²) < 4.78 is 17.9. The molecule has 1 aromatic carbocycles. The van der Waals surface area contributed by atoms with E-state index in [0.29, 0.717) is 18.8 Å². The molecule has 0 aliphatic heterocycles. The van der Waals surface area contributed by atoms with Gasteiger partial charge >= 0.3 is 0 Å². The lowest BCUT2D eigenvalue weighted by molar-refractivity contribution is -0.127. The molecule has 1 rings (SSSR count). The second-order valence-electron chi connectivity index (χ2n) is 3.29. The van der Waals surface area contributed by atoms with Crippen LogP contribution in [0.5, 0.6) is 5.75 Å². The topological polar surface area (TPSA) is 64.3 Å². The Morgan fingerprint density at radius 1 is 1.50 bits per heavy atom. The molecule has 3 N–H and O–H groups in total. The molecular formula is C11H15FN2O2. The van der Waals surface area contributed by atoms with E-state index in [0.717, 1.165) is 0 Å². The largest absolute Gasteiger partial charge is 0.481 e. The first-order valence-electron chi connectivity index (χ1n) is 5.03. The molecule has 0 bridgehead atoms. The van der Waals surface area contributed by atoms with Gasteiger partial charge in [-0.2, -0.15) is 0 Å². The molecule has 4 nitrogen and oxygen atoms in total. The van der Waals surface area contributed by atoms with Crippen molar-refractivity contribution in [1.29, 1.82) is 0 Å². The molecular weight excluding hydrogens is 211 g/mol. The highest BCUT2D eigenvalue weighted by molar-refractivity contribution is 5.80. The minimum absolute atomic E-state index is 0.241. The van der Waals surface area contributed by atoms with Crippen LogP contribution in [0.3, 0.4) is 0 Å². The summed E-state index contributed by atoms with van der Waals surface area (Å²) in [4.78, 5) is 11.4. The van der Waals surface area contributed by atoms with Crippen LogP contribution in [0.4, 0.5) is 4.39 Å². The first-order chi connectivity index (χ1) is 7.63. The molecule has 88 valence electrons. The lowest BCUT2D eigenvalue weighted by atomic mass is 10.3. The highest BCUT2D eigenvalue weighted by Crippen LogP contribution is 2.12. The Morgan fingerprint density at radius 3 is 2.69 bits per heavy atom. The van der Waals surface area contributed by atoms with Gasteiger partial charge in [0.05, 0.1) is 0 Å². The van der Waals surface area contributed by atoms with Crippen LogP contribution in [0.2, 0.25) is 0 Å². The fraction of sp³-hybridized carbons (Fsp3) is 0.364. The summed E-state index contributed by atoms with van der Waals surface area (Å²) in [5.74, 6) is -0.126. The van der Waals surface area contributed by atoms with E-state index in [1.807, 2.05) is 0 Å². The predicted molar refractivity (Wildman–Crippen MR) is 58.6 cm³/mol. The Morgan fingerprint density at radius 2 is 2.12 bits per heavy atom. The van der Waals surface area contributed by atoms with Gasteiger partial charge in [0.25, 0.3) is 5.91 Å². The Kier molecular flexibility index (Phi) is 4.72. The van der Waals surface area contributed by atoms with Crippen molar-refractivity contribution in [3.63, 3.8) is 0 Å². The van der Waals surface area contributed by atoms with E-state index in [2.05, 4.69) is 5.32 Å². The Hall–Kier alpha value is -1.62. The number of carbonyl (C=O) groups is 1. The van der Waals surface area contributed by atoms with E-state index < -0.39 is 6.10 Å². The number of hydrogen-bond donors (Lipinski definition) is 2. The Bertz CT molecular complexity index is 340. The Labute approximate surface area is 93.6 Å². The first-order valence-corrected chi connectivity index (χ1v) is 5.03. The average molecular weight is 226 g/mol. The highest BCUT2D eigenvalue weighted by atomic mass is 19.1. The van der Waals surface area contributed by atoms with Crippen molar-refractivity contribution in [3.8, 4) is 5.75 Å². The van der Waals surface area contributed by atoms with Gasteiger partial charge in [-0.25, -0.2) is 4.39 Å². The van der Waals surface area contributed by atoms with Crippen LogP contribution < -0.4 is 15.8 Å². The molecule has 0 aromatic heterocycles. The third kappa shape index (κ3) is 3.86. The quantitative estimate of drug-likeness (QED) is 0.775. The maximum Gasteiger partial charge on any atom is 0.260 e. The Balaban J connectivity index is 2.47. The predicted octanol–water partition coefficient (Wildman–Crippen LogP) is 0.668. The number of nitrogens with two attached hydrogens (primary N) is 1. The van der Waals surface area contributed by atoms with Gasteiger partial charge < -0.3 is 15.8 Å². The van der Waals surface area contributed by atoms with E-state index in [1.165, 1.54) is 24.3 Å². The third-order valence-electron chi connectivity index (χ3n) is 1.94. The molecule has 0 radical (unpaired) electrons. The fourth-order valence-electron chi connectivity index (χ4n) is 1.11. The molecule has 16 heavy (non-hydrogen) atoms. The van der Waals surface area contributed by atoms with Gasteiger partial charge in [-0.15, -0.1) is 0 Å². The van der Waals surface area contributed by atoms with E-state index in [9.17, 15) is 9.18 Å². The number of hydrogen-bond acceptors (Lipinski definition) is 3. The maximum atomic E-state index is 12.6. The van der Waals surface area contributed by atoms with Gasteiger partial charge in [-0.1, -0.05) is 0 Å². The standard InChI is InChI=1S/C11H15FN2O2/c1-8(11(15)14-7-6-13)16-10-4-2-9(12)3-5-10/h2-5,8H,6-7,13H2,1H3,(H,14,15). The zero-order valence-corrected chi connectivity index (χ0v) is 9.07. The molecule has 0 saturated carbocycles. The van der Waals surface area contributed by atoms with Crippen molar-refractivity contribution in [3.05, 3.63) is 30.1 Å². The van der Waals surface area contributed by atoms with Crippen molar-refractivity contribution in [2.24, 2.45) is 5.73 Å². The van der Waals surface area contributed by atoms with Crippen molar-refractivity contribution < 1.29 is 13.9 Å². The smallest absolute Gasteiger partial charge is 0.260 e. The fourth-order valence-corrected chi connectivity index (χ4v) is 1.11. The van der Waals surface area contributed by atoms with Crippen LogP contribution in [0.25, 0.3) is 0 Å². The summed E-state index contributed by atoms with van der Waals surface area (Å²) >= 11 is 0. The molecule has 0 aliphatic carbocycles. The van der Waals surface area contributed by atoms with Gasteiger partial charge in [0.15, 0.2) is 6.10 Å². The third-order valence-corrected chi connectivity index (χ3v) is 1.94. The molecule has 1 unspecified atom stereocenters. The zero-order chi connectivity index (χ0) is 12.0. The number of benzene rings is 1. The van der Waals surface area contributed by atoms with Crippen LogP contribution in [0.1, 0.15) is 6.92 Å². The number of rotatable bonds is 5. The van der Waals surface area contributed by atoms with Gasteiger partial charge in [0.2, 0.25) is 0 Å². The second-order valence-corrected chi connectivity index (χ2v) is 3.29. The van der Waals surface area contributed by atoms with E-state index >= 15 is 0 Å². The van der Waals surface area contributed by atoms with Crippen LogP contribution >= 0.6 is 0 Å². The summed E-state index contributed by atoms with van der Waals surface area (Å²) in [5, 5.41) is 2.60. The number of carbonyl (C=O) groups excluding carboxylic acids is 1. The minimum atomic E-state index is -0.628. The molecule has 1 amide bonds. The molecule has 0 fully saturated rings. The summed E-state index contributed by atoms with van der Waals surface area (Å²) in [6.45, 7) is 2.42. The summed E-state index contributed by atoms with van der Waals surface area (Å²) in [7, 11) is 0. The lowest BCUT2D eigenvalue weighted by Crippen LogP contribution is -2.38. The molecule has 0 heterocycles. The summed E-state index contributed by atoms with van der Waals surface area (Å²) in [6, 6.07) is 5.50. The second kappa shape index (κ2) is 6.07. The van der Waals surface area contributed by atoms with Crippen molar-refractivity contribution >= 4 is 5.91 Å². The minimum Gasteiger partial charge on any atom is -0.481 e. The van der Waals surface area contributed by atoms with E-state index in [-0.39, 0.29) is 11.7 Å². The van der Waals surface area contributed by atoms with Gasteiger partial charge in [-0.3, -0.25) is 4.79 Å². The number of nitrogens with one attached hydrogen (secondary N) is 1. The van der Waals surface area contributed by atoms with Gasteiger partial charge in [0.1, 0.15) is 11.6 Å². The van der Waals surface area contributed by atoms with E-state index in [1.54, 1.807) is 6.92 Å².